The molecule has 0 aliphatic carbocycles. The van der Waals surface area contributed by atoms with Crippen LogP contribution in [0, 0.1) is 6.92 Å². The highest BCUT2D eigenvalue weighted by Crippen LogP contribution is 2.18. The largest absolute Gasteiger partial charge is 0.497 e. The molecule has 25 heavy (non-hydrogen) atoms. The van der Waals surface area contributed by atoms with Gasteiger partial charge in [-0.25, -0.2) is 9.98 Å². The Bertz CT molecular complexity index is 678. The van der Waals surface area contributed by atoms with Crippen molar-refractivity contribution in [1.29, 1.82) is 0 Å². The van der Waals surface area contributed by atoms with Crippen LogP contribution in [0.1, 0.15) is 28.5 Å². The molecule has 3 N–H and O–H groups in total. The van der Waals surface area contributed by atoms with Crippen LogP contribution >= 0.6 is 35.3 Å². The lowest BCUT2D eigenvalue weighted by molar-refractivity contribution is 0.180. The molecular weight excluding hydrogens is 451 g/mol. The van der Waals surface area contributed by atoms with Gasteiger partial charge >= 0.3 is 0 Å². The van der Waals surface area contributed by atoms with Gasteiger partial charge in [0.15, 0.2) is 5.96 Å². The number of nitrogens with zero attached hydrogens (tertiary/aromatic N) is 2. The Kier molecular flexibility index (Phi) is 9.76. The number of aliphatic hydroxyl groups is 1. The first-order valence-electron chi connectivity index (χ1n) is 7.88. The van der Waals surface area contributed by atoms with Crippen molar-refractivity contribution < 1.29 is 9.84 Å². The molecule has 6 nitrogen and oxygen atoms in total. The molecule has 2 aromatic rings. The first-order valence-corrected chi connectivity index (χ1v) is 8.69. The van der Waals surface area contributed by atoms with E-state index in [-0.39, 0.29) is 24.0 Å². The van der Waals surface area contributed by atoms with Crippen LogP contribution in [0.4, 0.5) is 0 Å². The SMILES string of the molecule is CCNC(=NCc1ncc(C)s1)NCC(O)c1cccc(OC)c1.I. The van der Waals surface area contributed by atoms with Crippen molar-refractivity contribution in [3.63, 3.8) is 0 Å². The molecule has 138 valence electrons. The first kappa shape index (κ1) is 21.7. The lowest BCUT2D eigenvalue weighted by atomic mass is 10.1. The van der Waals surface area contributed by atoms with Gasteiger partial charge in [0.2, 0.25) is 0 Å². The molecule has 1 aromatic heterocycles. The van der Waals surface area contributed by atoms with Crippen molar-refractivity contribution in [2.45, 2.75) is 26.5 Å². The monoisotopic (exact) mass is 476 g/mol. The standard InChI is InChI=1S/C17H24N4O2S.HI/c1-4-18-17(21-11-16-19-9-12(2)24-16)20-10-15(22)13-6-5-7-14(8-13)23-3;/h5-9,15,22H,4,10-11H2,1-3H3,(H2,18,20,21);1H. The fraction of sp³-hybridized carbons (Fsp3) is 0.412. The van der Waals surface area contributed by atoms with E-state index in [1.54, 1.807) is 18.4 Å². The number of nitrogens with one attached hydrogen (secondary N) is 2. The Balaban J connectivity index is 0.00000312. The number of hydrogen-bond donors (Lipinski definition) is 3. The second kappa shape index (κ2) is 11.3. The molecule has 0 saturated carbocycles. The maximum Gasteiger partial charge on any atom is 0.191 e. The summed E-state index contributed by atoms with van der Waals surface area (Å²) < 4.78 is 5.19. The Morgan fingerprint density at radius 2 is 2.20 bits per heavy atom. The molecule has 8 heteroatoms. The van der Waals surface area contributed by atoms with Crippen LogP contribution in [0.5, 0.6) is 5.75 Å². The van der Waals surface area contributed by atoms with Crippen LogP contribution in [0.3, 0.4) is 0 Å². The molecule has 0 aliphatic rings. The number of thiazole rings is 1. The van der Waals surface area contributed by atoms with Crippen LogP contribution in [0.25, 0.3) is 0 Å². The van der Waals surface area contributed by atoms with Crippen molar-refractivity contribution in [3.8, 4) is 5.75 Å². The number of aromatic nitrogens is 1. The topological polar surface area (TPSA) is 78.8 Å². The third-order valence-corrected chi connectivity index (χ3v) is 4.22. The maximum absolute atomic E-state index is 10.3. The number of halogens is 1. The fourth-order valence-corrected chi connectivity index (χ4v) is 2.83. The van der Waals surface area contributed by atoms with Crippen molar-refractivity contribution in [3.05, 3.63) is 45.9 Å². The highest BCUT2D eigenvalue weighted by molar-refractivity contribution is 14.0. The van der Waals surface area contributed by atoms with Crippen LogP contribution < -0.4 is 15.4 Å². The van der Waals surface area contributed by atoms with Crippen LogP contribution in [-0.4, -0.2) is 36.2 Å². The lowest BCUT2D eigenvalue weighted by Crippen LogP contribution is -2.39. The first-order chi connectivity index (χ1) is 11.6. The van der Waals surface area contributed by atoms with Crippen molar-refractivity contribution >= 4 is 41.3 Å². The third-order valence-electron chi connectivity index (χ3n) is 3.33. The van der Waals surface area contributed by atoms with Gasteiger partial charge in [-0.2, -0.15) is 0 Å². The van der Waals surface area contributed by atoms with Crippen LogP contribution in [0.2, 0.25) is 0 Å². The normalized spacial score (nSPS) is 12.2. The molecule has 0 radical (unpaired) electrons. The second-order valence-corrected chi connectivity index (χ2v) is 6.55. The summed E-state index contributed by atoms with van der Waals surface area (Å²) in [6, 6.07) is 7.42. The molecule has 0 spiro atoms. The molecule has 1 unspecified atom stereocenters. The summed E-state index contributed by atoms with van der Waals surface area (Å²) in [5.41, 5.74) is 0.799. The zero-order valence-electron chi connectivity index (χ0n) is 14.7. The molecule has 1 atom stereocenters. The molecule has 1 aromatic carbocycles. The van der Waals surface area contributed by atoms with E-state index < -0.39 is 6.10 Å². The Morgan fingerprint density at radius 1 is 1.40 bits per heavy atom. The number of guanidine groups is 1. The zero-order chi connectivity index (χ0) is 17.4. The van der Waals surface area contributed by atoms with Gasteiger partial charge in [-0.15, -0.1) is 35.3 Å². The van der Waals surface area contributed by atoms with E-state index in [1.807, 2.05) is 44.3 Å². The number of rotatable bonds is 7. The molecule has 0 aliphatic heterocycles. The Hall–Kier alpha value is -1.39. The lowest BCUT2D eigenvalue weighted by Gasteiger charge is -2.16. The van der Waals surface area contributed by atoms with E-state index in [9.17, 15) is 5.11 Å². The Morgan fingerprint density at radius 3 is 2.84 bits per heavy atom. The van der Waals surface area contributed by atoms with Crippen molar-refractivity contribution in [2.75, 3.05) is 20.2 Å². The minimum Gasteiger partial charge on any atom is -0.497 e. The smallest absolute Gasteiger partial charge is 0.191 e. The molecular formula is C17H25IN4O2S. The zero-order valence-corrected chi connectivity index (χ0v) is 17.8. The van der Waals surface area contributed by atoms with Gasteiger partial charge in [0.1, 0.15) is 10.8 Å². The summed E-state index contributed by atoms with van der Waals surface area (Å²) in [6.45, 7) is 5.65. The molecule has 1 heterocycles. The number of aryl methyl sites for hydroxylation is 1. The number of aliphatic hydroxyl groups excluding tert-OH is 1. The number of methoxy groups -OCH3 is 1. The van der Waals surface area contributed by atoms with Gasteiger partial charge in [0, 0.05) is 24.2 Å². The van der Waals surface area contributed by atoms with E-state index in [1.165, 1.54) is 4.88 Å². The van der Waals surface area contributed by atoms with E-state index >= 15 is 0 Å². The molecule has 2 rings (SSSR count). The van der Waals surface area contributed by atoms with Crippen molar-refractivity contribution in [2.24, 2.45) is 4.99 Å². The summed E-state index contributed by atoms with van der Waals surface area (Å²) in [7, 11) is 1.61. The van der Waals surface area contributed by atoms with Crippen LogP contribution in [-0.2, 0) is 6.54 Å². The van der Waals surface area contributed by atoms with Gasteiger partial charge in [-0.3, -0.25) is 0 Å². The summed E-state index contributed by atoms with van der Waals surface area (Å²) in [5.74, 6) is 1.39. The summed E-state index contributed by atoms with van der Waals surface area (Å²) in [5, 5.41) is 17.6. The van der Waals surface area contributed by atoms with E-state index in [0.29, 0.717) is 19.0 Å². The summed E-state index contributed by atoms with van der Waals surface area (Å²) in [4.78, 5) is 9.98. The minimum atomic E-state index is -0.647. The van der Waals surface area contributed by atoms with Gasteiger partial charge in [-0.1, -0.05) is 12.1 Å². The molecule has 0 amide bonds. The average Bonchev–Trinajstić information content (AvgIpc) is 3.02. The van der Waals surface area contributed by atoms with Crippen LogP contribution in [0.15, 0.2) is 35.5 Å². The van der Waals surface area contributed by atoms with Crippen molar-refractivity contribution in [1.82, 2.24) is 15.6 Å². The second-order valence-electron chi connectivity index (χ2n) is 5.23. The molecule has 0 fully saturated rings. The number of ether oxygens (including phenoxy) is 1. The predicted octanol–water partition coefficient (Wildman–Crippen LogP) is 2.87. The average molecular weight is 476 g/mol. The summed E-state index contributed by atoms with van der Waals surface area (Å²) in [6.07, 6.45) is 1.20. The maximum atomic E-state index is 10.3. The van der Waals surface area contributed by atoms with Gasteiger partial charge < -0.3 is 20.5 Å². The highest BCUT2D eigenvalue weighted by Gasteiger charge is 2.09. The van der Waals surface area contributed by atoms with Gasteiger partial charge in [0.25, 0.3) is 0 Å². The Labute approximate surface area is 169 Å². The van der Waals surface area contributed by atoms with Gasteiger partial charge in [0.05, 0.1) is 19.8 Å². The minimum absolute atomic E-state index is 0. The van der Waals surface area contributed by atoms with Gasteiger partial charge in [-0.05, 0) is 31.5 Å². The van der Waals surface area contributed by atoms with E-state index in [2.05, 4.69) is 20.6 Å². The highest BCUT2D eigenvalue weighted by atomic mass is 127. The fourth-order valence-electron chi connectivity index (χ4n) is 2.12. The number of aliphatic imine (C=N–C) groups is 1. The quantitative estimate of drug-likeness (QED) is 0.326. The third kappa shape index (κ3) is 7.17. The van der Waals surface area contributed by atoms with E-state index in [0.717, 1.165) is 22.9 Å². The summed E-state index contributed by atoms with van der Waals surface area (Å²) >= 11 is 1.64. The van der Waals surface area contributed by atoms with E-state index in [4.69, 9.17) is 4.74 Å². The molecule has 0 saturated heterocycles. The predicted molar refractivity (Wildman–Crippen MR) is 113 cm³/mol. The number of benzene rings is 1. The molecule has 0 bridgehead atoms. The number of hydrogen-bond acceptors (Lipinski definition) is 5.